The molecule has 3 heteroatoms. The first-order valence-corrected chi connectivity index (χ1v) is 5.21. The highest BCUT2D eigenvalue weighted by atomic mass is 16.3. The smallest absolute Gasteiger partial charge is 0.120 e. The van der Waals surface area contributed by atoms with Gasteiger partial charge in [-0.3, -0.25) is 0 Å². The zero-order valence-electron chi connectivity index (χ0n) is 9.70. The van der Waals surface area contributed by atoms with Crippen LogP contribution in [-0.2, 0) is 6.54 Å². The summed E-state index contributed by atoms with van der Waals surface area (Å²) >= 11 is 0. The van der Waals surface area contributed by atoms with Crippen molar-refractivity contribution in [3.05, 3.63) is 29.3 Å². The van der Waals surface area contributed by atoms with Crippen molar-refractivity contribution in [2.24, 2.45) is 5.73 Å². The van der Waals surface area contributed by atoms with Crippen LogP contribution >= 0.6 is 0 Å². The van der Waals surface area contributed by atoms with Crippen LogP contribution in [0.5, 0.6) is 5.75 Å². The number of phenols is 1. The van der Waals surface area contributed by atoms with Gasteiger partial charge in [0.2, 0.25) is 0 Å². The van der Waals surface area contributed by atoms with Gasteiger partial charge in [0.15, 0.2) is 0 Å². The van der Waals surface area contributed by atoms with Crippen LogP contribution < -0.4 is 5.73 Å². The highest BCUT2D eigenvalue weighted by molar-refractivity contribution is 5.37. The van der Waals surface area contributed by atoms with E-state index in [1.54, 1.807) is 6.07 Å². The van der Waals surface area contributed by atoms with E-state index in [4.69, 9.17) is 5.73 Å². The van der Waals surface area contributed by atoms with E-state index in [1.165, 1.54) is 5.56 Å². The third kappa shape index (κ3) is 3.22. The van der Waals surface area contributed by atoms with Gasteiger partial charge in [0.25, 0.3) is 0 Å². The van der Waals surface area contributed by atoms with Gasteiger partial charge in [-0.1, -0.05) is 19.1 Å². The Kier molecular flexibility index (Phi) is 4.12. The first-order chi connectivity index (χ1) is 7.04. The molecular weight excluding hydrogens is 188 g/mol. The maximum Gasteiger partial charge on any atom is 0.120 e. The van der Waals surface area contributed by atoms with Gasteiger partial charge in [-0.25, -0.2) is 0 Å². The first kappa shape index (κ1) is 12.0. The van der Waals surface area contributed by atoms with Gasteiger partial charge in [-0.2, -0.15) is 0 Å². The monoisotopic (exact) mass is 208 g/mol. The Hall–Kier alpha value is -1.06. The van der Waals surface area contributed by atoms with Crippen molar-refractivity contribution in [1.29, 1.82) is 0 Å². The second-order valence-electron chi connectivity index (χ2n) is 4.26. The lowest BCUT2D eigenvalue weighted by atomic mass is 9.98. The lowest BCUT2D eigenvalue weighted by Gasteiger charge is -2.15. The molecule has 0 aliphatic heterocycles. The summed E-state index contributed by atoms with van der Waals surface area (Å²) in [7, 11) is 3.97. The molecule has 0 heterocycles. The van der Waals surface area contributed by atoms with Crippen LogP contribution in [0.3, 0.4) is 0 Å². The molecule has 84 valence electrons. The summed E-state index contributed by atoms with van der Waals surface area (Å²) in [6, 6.07) is 5.72. The first-order valence-electron chi connectivity index (χ1n) is 5.21. The van der Waals surface area contributed by atoms with Crippen LogP contribution in [0.4, 0.5) is 0 Å². The fraction of sp³-hybridized carbons (Fsp3) is 0.500. The fourth-order valence-corrected chi connectivity index (χ4v) is 1.52. The number of nitrogens with two attached hydrogens (primary N) is 1. The van der Waals surface area contributed by atoms with Crippen LogP contribution in [0.25, 0.3) is 0 Å². The van der Waals surface area contributed by atoms with Crippen molar-refractivity contribution in [3.8, 4) is 5.75 Å². The summed E-state index contributed by atoms with van der Waals surface area (Å²) in [5, 5.41) is 9.68. The lowest BCUT2D eigenvalue weighted by Crippen LogP contribution is -2.12. The number of nitrogens with zero attached hydrogens (tertiary/aromatic N) is 1. The molecule has 0 saturated carbocycles. The van der Waals surface area contributed by atoms with E-state index in [1.807, 2.05) is 31.1 Å². The van der Waals surface area contributed by atoms with Crippen LogP contribution in [-0.4, -0.2) is 30.6 Å². The van der Waals surface area contributed by atoms with E-state index in [-0.39, 0.29) is 0 Å². The second-order valence-corrected chi connectivity index (χ2v) is 4.26. The summed E-state index contributed by atoms with van der Waals surface area (Å²) in [4.78, 5) is 2.03. The molecular formula is C12H20N2O. The topological polar surface area (TPSA) is 49.5 Å². The van der Waals surface area contributed by atoms with Crippen LogP contribution in [0, 0.1) is 0 Å². The number of hydrogen-bond donors (Lipinski definition) is 2. The van der Waals surface area contributed by atoms with E-state index in [0.29, 0.717) is 18.2 Å². The van der Waals surface area contributed by atoms with Gasteiger partial charge in [-0.15, -0.1) is 0 Å². The zero-order valence-corrected chi connectivity index (χ0v) is 9.70. The van der Waals surface area contributed by atoms with Crippen molar-refractivity contribution in [2.75, 3.05) is 20.6 Å². The number of rotatable bonds is 4. The predicted molar refractivity (Wildman–Crippen MR) is 63.0 cm³/mol. The highest BCUT2D eigenvalue weighted by Crippen LogP contribution is 2.23. The lowest BCUT2D eigenvalue weighted by molar-refractivity contribution is 0.385. The third-order valence-electron chi connectivity index (χ3n) is 2.51. The largest absolute Gasteiger partial charge is 0.508 e. The minimum absolute atomic E-state index is 0.339. The molecule has 0 bridgehead atoms. The molecule has 1 rings (SSSR count). The Morgan fingerprint density at radius 3 is 2.60 bits per heavy atom. The van der Waals surface area contributed by atoms with Crippen molar-refractivity contribution in [2.45, 2.75) is 19.4 Å². The summed E-state index contributed by atoms with van der Waals surface area (Å²) in [5.74, 6) is 0.697. The van der Waals surface area contributed by atoms with Crippen molar-refractivity contribution >= 4 is 0 Å². The molecule has 1 aromatic rings. The molecule has 0 spiro atoms. The van der Waals surface area contributed by atoms with Gasteiger partial charge in [0, 0.05) is 12.1 Å². The Balaban J connectivity index is 2.94. The molecule has 0 amide bonds. The molecule has 15 heavy (non-hydrogen) atoms. The Labute approximate surface area is 91.5 Å². The molecule has 0 aliphatic rings. The van der Waals surface area contributed by atoms with Crippen molar-refractivity contribution in [1.82, 2.24) is 4.90 Å². The zero-order chi connectivity index (χ0) is 11.4. The molecule has 0 saturated heterocycles. The van der Waals surface area contributed by atoms with E-state index < -0.39 is 0 Å². The molecule has 0 radical (unpaired) electrons. The molecule has 0 aromatic heterocycles. The van der Waals surface area contributed by atoms with Crippen molar-refractivity contribution < 1.29 is 5.11 Å². The molecule has 1 atom stereocenters. The predicted octanol–water partition coefficient (Wildman–Crippen LogP) is 1.52. The van der Waals surface area contributed by atoms with Crippen LogP contribution in [0.2, 0.25) is 0 Å². The van der Waals surface area contributed by atoms with Crippen LogP contribution in [0.1, 0.15) is 24.0 Å². The summed E-state index contributed by atoms with van der Waals surface area (Å²) in [6.07, 6.45) is 0. The molecule has 1 unspecified atom stereocenters. The summed E-state index contributed by atoms with van der Waals surface area (Å²) in [6.45, 7) is 3.47. The van der Waals surface area contributed by atoms with Gasteiger partial charge in [0.05, 0.1) is 0 Å². The second kappa shape index (κ2) is 5.14. The number of hydrogen-bond acceptors (Lipinski definition) is 3. The summed E-state index contributed by atoms with van der Waals surface area (Å²) in [5.41, 5.74) is 7.76. The third-order valence-corrected chi connectivity index (χ3v) is 2.51. The molecule has 1 aromatic carbocycles. The maximum atomic E-state index is 9.68. The van der Waals surface area contributed by atoms with Crippen molar-refractivity contribution in [3.63, 3.8) is 0 Å². The Morgan fingerprint density at radius 1 is 1.40 bits per heavy atom. The van der Waals surface area contributed by atoms with E-state index in [2.05, 4.69) is 6.92 Å². The molecule has 3 N–H and O–H groups in total. The minimum atomic E-state index is 0.339. The van der Waals surface area contributed by atoms with Crippen LogP contribution in [0.15, 0.2) is 18.2 Å². The maximum absolute atomic E-state index is 9.68. The van der Waals surface area contributed by atoms with Gasteiger partial charge in [-0.05, 0) is 38.2 Å². The fourth-order valence-electron chi connectivity index (χ4n) is 1.52. The number of phenolic OH excluding ortho intramolecular Hbond substituents is 1. The molecule has 3 nitrogen and oxygen atoms in total. The SMILES string of the molecule is CC(CN)c1ccc(O)c(CN(C)C)c1. The quantitative estimate of drug-likeness (QED) is 0.788. The number of aromatic hydroxyl groups is 1. The standard InChI is InChI=1S/C12H20N2O/c1-9(7-13)10-4-5-12(15)11(6-10)8-14(2)3/h4-6,9,15H,7-8,13H2,1-3H3. The minimum Gasteiger partial charge on any atom is -0.508 e. The Bertz CT molecular complexity index is 323. The molecule has 0 fully saturated rings. The normalized spacial score (nSPS) is 13.1. The van der Waals surface area contributed by atoms with Gasteiger partial charge in [0.1, 0.15) is 5.75 Å². The van der Waals surface area contributed by atoms with Gasteiger partial charge < -0.3 is 15.7 Å². The van der Waals surface area contributed by atoms with E-state index in [0.717, 1.165) is 12.1 Å². The average molecular weight is 208 g/mol. The van der Waals surface area contributed by atoms with E-state index >= 15 is 0 Å². The molecule has 0 aliphatic carbocycles. The van der Waals surface area contributed by atoms with E-state index in [9.17, 15) is 5.11 Å². The van der Waals surface area contributed by atoms with Gasteiger partial charge >= 0.3 is 0 Å². The highest BCUT2D eigenvalue weighted by Gasteiger charge is 2.08. The average Bonchev–Trinajstić information content (AvgIpc) is 2.19. The number of benzene rings is 1. The summed E-state index contributed by atoms with van der Waals surface area (Å²) < 4.78 is 0. The Morgan fingerprint density at radius 2 is 2.07 bits per heavy atom.